The van der Waals surface area contributed by atoms with Crippen molar-refractivity contribution in [3.05, 3.63) is 34.4 Å². The number of carbonyl (C=O) groups excluding carboxylic acids is 1. The molecule has 0 atom stereocenters. The second-order valence-electron chi connectivity index (χ2n) is 4.37. The maximum Gasteiger partial charge on any atom is 0.310 e. The van der Waals surface area contributed by atoms with Crippen molar-refractivity contribution in [3.63, 3.8) is 0 Å². The van der Waals surface area contributed by atoms with E-state index in [9.17, 15) is 14.9 Å². The summed E-state index contributed by atoms with van der Waals surface area (Å²) in [5, 5.41) is 13.5. The fraction of sp³-hybridized carbons (Fsp3) is 0.500. The largest absolute Gasteiger partial charge is 0.487 e. The zero-order chi connectivity index (χ0) is 15.5. The molecule has 0 spiro atoms. The Balaban J connectivity index is 2.22. The minimum Gasteiger partial charge on any atom is -0.487 e. The first-order chi connectivity index (χ1) is 10.1. The first-order valence-corrected chi connectivity index (χ1v) is 6.77. The van der Waals surface area contributed by atoms with Gasteiger partial charge in [-0.2, -0.15) is 0 Å². The molecule has 1 aromatic rings. The lowest BCUT2D eigenvalue weighted by atomic mass is 10.3. The Kier molecular flexibility index (Phi) is 7.81. The highest BCUT2D eigenvalue weighted by atomic mass is 16.6. The van der Waals surface area contributed by atoms with E-state index in [0.29, 0.717) is 26.0 Å². The molecule has 0 fully saturated rings. The lowest BCUT2D eigenvalue weighted by molar-refractivity contribution is -0.385. The van der Waals surface area contributed by atoms with Crippen LogP contribution < -0.4 is 10.1 Å². The van der Waals surface area contributed by atoms with E-state index in [-0.39, 0.29) is 24.0 Å². The average molecular weight is 296 g/mol. The van der Waals surface area contributed by atoms with Gasteiger partial charge in [0.2, 0.25) is 5.91 Å². The second kappa shape index (κ2) is 9.71. The van der Waals surface area contributed by atoms with Gasteiger partial charge in [-0.25, -0.2) is 0 Å². The van der Waals surface area contributed by atoms with Gasteiger partial charge in [0.15, 0.2) is 5.75 Å². The molecule has 1 aromatic carbocycles. The van der Waals surface area contributed by atoms with Gasteiger partial charge in [0.25, 0.3) is 0 Å². The van der Waals surface area contributed by atoms with Crippen LogP contribution in [0, 0.1) is 10.1 Å². The normalized spacial score (nSPS) is 10.1. The van der Waals surface area contributed by atoms with E-state index < -0.39 is 4.92 Å². The third-order valence-electron chi connectivity index (χ3n) is 2.72. The summed E-state index contributed by atoms with van der Waals surface area (Å²) in [4.78, 5) is 21.8. The van der Waals surface area contributed by atoms with Gasteiger partial charge in [-0.05, 0) is 18.9 Å². The molecule has 1 N–H and O–H groups in total. The minimum atomic E-state index is -0.488. The Morgan fingerprint density at radius 3 is 2.76 bits per heavy atom. The number of benzene rings is 1. The van der Waals surface area contributed by atoms with Crippen LogP contribution in [0.1, 0.15) is 19.3 Å². The zero-order valence-corrected chi connectivity index (χ0v) is 12.0. The van der Waals surface area contributed by atoms with Crippen LogP contribution >= 0.6 is 0 Å². The summed E-state index contributed by atoms with van der Waals surface area (Å²) in [7, 11) is 1.61. The van der Waals surface area contributed by atoms with Crippen LogP contribution in [0.25, 0.3) is 0 Å². The molecule has 0 heterocycles. The number of nitrogens with one attached hydrogen (secondary N) is 1. The van der Waals surface area contributed by atoms with Gasteiger partial charge < -0.3 is 14.8 Å². The number of methoxy groups -OCH3 is 1. The predicted octanol–water partition coefficient (Wildman–Crippen LogP) is 1.91. The highest BCUT2D eigenvalue weighted by Crippen LogP contribution is 2.25. The Morgan fingerprint density at radius 1 is 1.29 bits per heavy atom. The maximum absolute atomic E-state index is 11.5. The Bertz CT molecular complexity index is 464. The van der Waals surface area contributed by atoms with Crippen molar-refractivity contribution in [3.8, 4) is 5.75 Å². The molecule has 0 saturated carbocycles. The van der Waals surface area contributed by atoms with Crippen LogP contribution in [0.15, 0.2) is 24.3 Å². The van der Waals surface area contributed by atoms with Gasteiger partial charge in [-0.15, -0.1) is 0 Å². The molecular weight excluding hydrogens is 276 g/mol. The van der Waals surface area contributed by atoms with Gasteiger partial charge in [0, 0.05) is 32.7 Å². The molecule has 7 heteroatoms. The highest BCUT2D eigenvalue weighted by Gasteiger charge is 2.13. The van der Waals surface area contributed by atoms with E-state index in [2.05, 4.69) is 5.32 Å². The molecule has 0 unspecified atom stereocenters. The third kappa shape index (κ3) is 6.71. The number of hydrogen-bond acceptors (Lipinski definition) is 5. The molecule has 21 heavy (non-hydrogen) atoms. The lowest BCUT2D eigenvalue weighted by Crippen LogP contribution is -2.25. The number of hydrogen-bond donors (Lipinski definition) is 1. The molecule has 0 aliphatic carbocycles. The number of ether oxygens (including phenoxy) is 2. The Morgan fingerprint density at radius 2 is 2.05 bits per heavy atom. The molecular formula is C14H20N2O5. The van der Waals surface area contributed by atoms with Crippen molar-refractivity contribution in [2.24, 2.45) is 0 Å². The SMILES string of the molecule is COCCCNC(=O)CCCOc1ccccc1[N+](=O)[O-]. The van der Waals surface area contributed by atoms with Crippen LogP contribution in [-0.2, 0) is 9.53 Å². The summed E-state index contributed by atoms with van der Waals surface area (Å²) in [6.45, 7) is 1.45. The molecule has 0 aromatic heterocycles. The van der Waals surface area contributed by atoms with Crippen molar-refractivity contribution in [1.29, 1.82) is 0 Å². The molecule has 1 amide bonds. The first kappa shape index (κ1) is 16.9. The minimum absolute atomic E-state index is 0.0581. The number of carbonyl (C=O) groups is 1. The van der Waals surface area contributed by atoms with Gasteiger partial charge >= 0.3 is 5.69 Å². The van der Waals surface area contributed by atoms with E-state index >= 15 is 0 Å². The molecule has 0 radical (unpaired) electrons. The summed E-state index contributed by atoms with van der Waals surface area (Å²) < 4.78 is 10.2. The predicted molar refractivity (Wildman–Crippen MR) is 77.3 cm³/mol. The fourth-order valence-electron chi connectivity index (χ4n) is 1.68. The summed E-state index contributed by atoms with van der Waals surface area (Å²) in [6, 6.07) is 6.18. The zero-order valence-electron chi connectivity index (χ0n) is 12.0. The molecule has 0 aliphatic heterocycles. The molecule has 0 saturated heterocycles. The average Bonchev–Trinajstić information content (AvgIpc) is 2.48. The fourth-order valence-corrected chi connectivity index (χ4v) is 1.68. The second-order valence-corrected chi connectivity index (χ2v) is 4.37. The maximum atomic E-state index is 11.5. The third-order valence-corrected chi connectivity index (χ3v) is 2.72. The topological polar surface area (TPSA) is 90.7 Å². The summed E-state index contributed by atoms with van der Waals surface area (Å²) in [6.07, 6.45) is 1.60. The number of amides is 1. The number of nitrogens with zero attached hydrogens (tertiary/aromatic N) is 1. The van der Waals surface area contributed by atoms with Crippen LogP contribution in [0.5, 0.6) is 5.75 Å². The van der Waals surface area contributed by atoms with Crippen LogP contribution in [0.3, 0.4) is 0 Å². The van der Waals surface area contributed by atoms with Crippen LogP contribution in [0.2, 0.25) is 0 Å². The highest BCUT2D eigenvalue weighted by molar-refractivity contribution is 5.75. The first-order valence-electron chi connectivity index (χ1n) is 6.77. The summed E-state index contributed by atoms with van der Waals surface area (Å²) in [5.74, 6) is 0.167. The monoisotopic (exact) mass is 296 g/mol. The standard InChI is InChI=1S/C14H20N2O5/c1-20-10-5-9-15-14(17)8-4-11-21-13-7-3-2-6-12(13)16(18)19/h2-3,6-7H,4-5,8-11H2,1H3,(H,15,17). The summed E-state index contributed by atoms with van der Waals surface area (Å²) >= 11 is 0. The van der Waals surface area contributed by atoms with Gasteiger partial charge in [-0.1, -0.05) is 12.1 Å². The Hall–Kier alpha value is -2.15. The number of nitro benzene ring substituents is 1. The van der Waals surface area contributed by atoms with E-state index in [1.54, 1.807) is 25.3 Å². The van der Waals surface area contributed by atoms with Crippen molar-refractivity contribution < 1.29 is 19.2 Å². The van der Waals surface area contributed by atoms with Gasteiger partial charge in [-0.3, -0.25) is 14.9 Å². The van der Waals surface area contributed by atoms with E-state index in [0.717, 1.165) is 6.42 Å². The molecule has 116 valence electrons. The molecule has 1 rings (SSSR count). The van der Waals surface area contributed by atoms with Gasteiger partial charge in [0.05, 0.1) is 11.5 Å². The van der Waals surface area contributed by atoms with E-state index in [4.69, 9.17) is 9.47 Å². The molecule has 0 aliphatic rings. The smallest absolute Gasteiger partial charge is 0.310 e. The lowest BCUT2D eigenvalue weighted by Gasteiger charge is -2.07. The quantitative estimate of drug-likeness (QED) is 0.404. The van der Waals surface area contributed by atoms with Gasteiger partial charge in [0.1, 0.15) is 0 Å². The number of nitro groups is 1. The van der Waals surface area contributed by atoms with Crippen molar-refractivity contribution in [1.82, 2.24) is 5.32 Å². The van der Waals surface area contributed by atoms with Crippen molar-refractivity contribution in [2.45, 2.75) is 19.3 Å². The Labute approximate surface area is 123 Å². The number of rotatable bonds is 10. The molecule has 7 nitrogen and oxygen atoms in total. The summed E-state index contributed by atoms with van der Waals surface area (Å²) in [5.41, 5.74) is -0.0680. The number of para-hydroxylation sites is 2. The van der Waals surface area contributed by atoms with E-state index in [1.807, 2.05) is 0 Å². The van der Waals surface area contributed by atoms with Crippen LogP contribution in [-0.4, -0.2) is 37.7 Å². The van der Waals surface area contributed by atoms with Crippen LogP contribution in [0.4, 0.5) is 5.69 Å². The molecule has 0 bridgehead atoms. The van der Waals surface area contributed by atoms with E-state index in [1.165, 1.54) is 6.07 Å². The van der Waals surface area contributed by atoms with Crippen molar-refractivity contribution >= 4 is 11.6 Å². The van der Waals surface area contributed by atoms with Crippen molar-refractivity contribution in [2.75, 3.05) is 26.9 Å².